The van der Waals surface area contributed by atoms with Crippen LogP contribution in [-0.2, 0) is 5.41 Å². The molecule has 0 radical (unpaired) electrons. The van der Waals surface area contributed by atoms with Gasteiger partial charge in [0, 0.05) is 17.5 Å². The van der Waals surface area contributed by atoms with Gasteiger partial charge in [-0.3, -0.25) is 0 Å². The number of halogens is 3. The van der Waals surface area contributed by atoms with E-state index in [2.05, 4.69) is 0 Å². The Bertz CT molecular complexity index is 414. The molecule has 1 nitrogen and oxygen atoms in total. The second-order valence-corrected chi connectivity index (χ2v) is 5.14. The topological polar surface area (TPSA) is 26.0 Å². The van der Waals surface area contributed by atoms with E-state index in [-0.39, 0.29) is 10.6 Å². The standard InChI is InChI=1S/C13H16ClF2N/c14-12-10(16)5-4-9(15)11(12)13(8-17)6-2-1-3-7-13/h4-5H,1-3,6-8,17H2. The third-order valence-corrected chi connectivity index (χ3v) is 4.15. The SMILES string of the molecule is NCC1(c2c(F)ccc(F)c2Cl)CCCCC1. The summed E-state index contributed by atoms with van der Waals surface area (Å²) in [5.74, 6) is -1.01. The summed E-state index contributed by atoms with van der Waals surface area (Å²) in [6.07, 6.45) is 4.66. The van der Waals surface area contributed by atoms with Gasteiger partial charge < -0.3 is 5.73 Å². The maximum absolute atomic E-state index is 13.9. The summed E-state index contributed by atoms with van der Waals surface area (Å²) in [5, 5.41) is -0.0997. The smallest absolute Gasteiger partial charge is 0.142 e. The van der Waals surface area contributed by atoms with Crippen LogP contribution in [0, 0.1) is 11.6 Å². The number of rotatable bonds is 2. The van der Waals surface area contributed by atoms with Crippen LogP contribution in [0.1, 0.15) is 37.7 Å². The first kappa shape index (κ1) is 12.8. The normalized spacial score (nSPS) is 19.3. The van der Waals surface area contributed by atoms with Crippen LogP contribution in [-0.4, -0.2) is 6.54 Å². The van der Waals surface area contributed by atoms with Crippen molar-refractivity contribution in [1.29, 1.82) is 0 Å². The maximum Gasteiger partial charge on any atom is 0.142 e. The number of benzene rings is 1. The Labute approximate surface area is 105 Å². The molecule has 0 bridgehead atoms. The van der Waals surface area contributed by atoms with Gasteiger partial charge in [0.15, 0.2) is 0 Å². The van der Waals surface area contributed by atoms with Crippen molar-refractivity contribution in [1.82, 2.24) is 0 Å². The molecule has 1 saturated carbocycles. The molecule has 0 unspecified atom stereocenters. The van der Waals surface area contributed by atoms with Gasteiger partial charge >= 0.3 is 0 Å². The second kappa shape index (κ2) is 4.91. The first-order valence-corrected chi connectivity index (χ1v) is 6.32. The van der Waals surface area contributed by atoms with Gasteiger partial charge in [0.1, 0.15) is 11.6 Å². The van der Waals surface area contributed by atoms with Gasteiger partial charge in [0.05, 0.1) is 5.02 Å². The van der Waals surface area contributed by atoms with Gasteiger partial charge in [-0.2, -0.15) is 0 Å². The zero-order valence-corrected chi connectivity index (χ0v) is 10.4. The van der Waals surface area contributed by atoms with Crippen molar-refractivity contribution in [2.24, 2.45) is 5.73 Å². The molecule has 1 aliphatic rings. The van der Waals surface area contributed by atoms with E-state index in [1.165, 1.54) is 0 Å². The van der Waals surface area contributed by atoms with Crippen LogP contribution in [0.2, 0.25) is 5.02 Å². The summed E-state index contributed by atoms with van der Waals surface area (Å²) in [6, 6.07) is 2.21. The molecule has 2 N–H and O–H groups in total. The zero-order valence-electron chi connectivity index (χ0n) is 9.61. The Morgan fingerprint density at radius 3 is 2.29 bits per heavy atom. The minimum atomic E-state index is -0.568. The first-order valence-electron chi connectivity index (χ1n) is 5.95. The Hall–Kier alpha value is -0.670. The van der Waals surface area contributed by atoms with Gasteiger partial charge in [-0.05, 0) is 25.0 Å². The van der Waals surface area contributed by atoms with Crippen molar-refractivity contribution >= 4 is 11.6 Å². The van der Waals surface area contributed by atoms with Crippen LogP contribution >= 0.6 is 11.6 Å². The number of nitrogens with two attached hydrogens (primary N) is 1. The molecule has 4 heteroatoms. The number of hydrogen-bond donors (Lipinski definition) is 1. The van der Waals surface area contributed by atoms with E-state index in [1.807, 2.05) is 0 Å². The molecule has 2 rings (SSSR count). The summed E-state index contributed by atoms with van der Waals surface area (Å²) in [6.45, 7) is 0.313. The minimum Gasteiger partial charge on any atom is -0.330 e. The zero-order chi connectivity index (χ0) is 12.5. The first-order chi connectivity index (χ1) is 8.10. The summed E-state index contributed by atoms with van der Waals surface area (Å²) >= 11 is 5.93. The van der Waals surface area contributed by atoms with Crippen molar-refractivity contribution in [2.75, 3.05) is 6.54 Å². The Morgan fingerprint density at radius 2 is 1.71 bits per heavy atom. The maximum atomic E-state index is 13.9. The minimum absolute atomic E-state index is 0.0997. The largest absolute Gasteiger partial charge is 0.330 e. The molecule has 1 aliphatic carbocycles. The number of hydrogen-bond acceptors (Lipinski definition) is 1. The third kappa shape index (κ3) is 2.18. The monoisotopic (exact) mass is 259 g/mol. The van der Waals surface area contributed by atoms with Crippen LogP contribution in [0.3, 0.4) is 0 Å². The van der Waals surface area contributed by atoms with Crippen molar-refractivity contribution in [2.45, 2.75) is 37.5 Å². The lowest BCUT2D eigenvalue weighted by atomic mass is 9.69. The second-order valence-electron chi connectivity index (χ2n) is 4.76. The van der Waals surface area contributed by atoms with E-state index in [4.69, 9.17) is 17.3 Å². The summed E-state index contributed by atoms with van der Waals surface area (Å²) in [7, 11) is 0. The lowest BCUT2D eigenvalue weighted by Gasteiger charge is -2.37. The van der Waals surface area contributed by atoms with Crippen LogP contribution in [0.15, 0.2) is 12.1 Å². The third-order valence-electron chi connectivity index (χ3n) is 3.78. The van der Waals surface area contributed by atoms with Gasteiger partial charge in [-0.1, -0.05) is 30.9 Å². The molecule has 1 fully saturated rings. The van der Waals surface area contributed by atoms with E-state index >= 15 is 0 Å². The molecule has 0 amide bonds. The van der Waals surface area contributed by atoms with E-state index in [1.54, 1.807) is 0 Å². The molecule has 0 spiro atoms. The van der Waals surface area contributed by atoms with Crippen LogP contribution in [0.25, 0.3) is 0 Å². The lowest BCUT2D eigenvalue weighted by molar-refractivity contribution is 0.290. The fourth-order valence-corrected chi connectivity index (χ4v) is 3.15. The highest BCUT2D eigenvalue weighted by Crippen LogP contribution is 2.43. The summed E-state index contributed by atoms with van der Waals surface area (Å²) < 4.78 is 27.4. The highest BCUT2D eigenvalue weighted by molar-refractivity contribution is 6.31. The molecule has 0 atom stereocenters. The molecule has 0 aromatic heterocycles. The Kier molecular flexibility index (Phi) is 3.69. The fourth-order valence-electron chi connectivity index (χ4n) is 2.80. The van der Waals surface area contributed by atoms with E-state index in [0.29, 0.717) is 6.54 Å². The van der Waals surface area contributed by atoms with Crippen LogP contribution < -0.4 is 5.73 Å². The molecule has 1 aromatic carbocycles. The van der Waals surface area contributed by atoms with E-state index < -0.39 is 17.0 Å². The average Bonchev–Trinajstić information content (AvgIpc) is 2.35. The predicted molar refractivity (Wildman–Crippen MR) is 65.2 cm³/mol. The van der Waals surface area contributed by atoms with Gasteiger partial charge in [0.2, 0.25) is 0 Å². The van der Waals surface area contributed by atoms with E-state index in [0.717, 1.165) is 44.2 Å². The van der Waals surface area contributed by atoms with Crippen molar-refractivity contribution < 1.29 is 8.78 Å². The van der Waals surface area contributed by atoms with Crippen molar-refractivity contribution in [3.05, 3.63) is 34.4 Å². The quantitative estimate of drug-likeness (QED) is 0.804. The lowest BCUT2D eigenvalue weighted by Crippen LogP contribution is -2.38. The molecule has 0 aliphatic heterocycles. The molecular weight excluding hydrogens is 244 g/mol. The molecule has 94 valence electrons. The van der Waals surface area contributed by atoms with Gasteiger partial charge in [-0.15, -0.1) is 0 Å². The highest BCUT2D eigenvalue weighted by Gasteiger charge is 2.37. The fraction of sp³-hybridized carbons (Fsp3) is 0.538. The summed E-state index contributed by atoms with van der Waals surface area (Å²) in [5.41, 5.74) is 5.60. The van der Waals surface area contributed by atoms with Crippen LogP contribution in [0.4, 0.5) is 8.78 Å². The molecular formula is C13H16ClF2N. The van der Waals surface area contributed by atoms with E-state index in [9.17, 15) is 8.78 Å². The molecule has 17 heavy (non-hydrogen) atoms. The predicted octanol–water partition coefficient (Wildman–Crippen LogP) is 3.78. The van der Waals surface area contributed by atoms with Gasteiger partial charge in [0.25, 0.3) is 0 Å². The Balaban J connectivity index is 2.53. The Morgan fingerprint density at radius 1 is 1.12 bits per heavy atom. The highest BCUT2D eigenvalue weighted by atomic mass is 35.5. The summed E-state index contributed by atoms with van der Waals surface area (Å²) in [4.78, 5) is 0. The van der Waals surface area contributed by atoms with Crippen LogP contribution in [0.5, 0.6) is 0 Å². The van der Waals surface area contributed by atoms with Crippen molar-refractivity contribution in [3.63, 3.8) is 0 Å². The average molecular weight is 260 g/mol. The molecule has 0 saturated heterocycles. The molecule has 1 aromatic rings. The van der Waals surface area contributed by atoms with Crippen molar-refractivity contribution in [3.8, 4) is 0 Å². The van der Waals surface area contributed by atoms with Gasteiger partial charge in [-0.25, -0.2) is 8.78 Å². The molecule has 0 heterocycles.